The van der Waals surface area contributed by atoms with Crippen LogP contribution in [0.5, 0.6) is 0 Å². The molecule has 3 nitrogen and oxygen atoms in total. The number of rotatable bonds is 2. The normalized spacial score (nSPS) is 14.6. The summed E-state index contributed by atoms with van der Waals surface area (Å²) in [6.07, 6.45) is 0.913. The first kappa shape index (κ1) is 14.3. The summed E-state index contributed by atoms with van der Waals surface area (Å²) in [6, 6.07) is 17.3. The molecule has 0 saturated carbocycles. The van der Waals surface area contributed by atoms with E-state index in [0.717, 1.165) is 26.1 Å². The highest BCUT2D eigenvalue weighted by atomic mass is 32.1. The number of nitriles is 1. The lowest BCUT2D eigenvalue weighted by molar-refractivity contribution is 0.249. The van der Waals surface area contributed by atoms with Gasteiger partial charge in [-0.3, -0.25) is 4.90 Å². The van der Waals surface area contributed by atoms with E-state index in [1.54, 1.807) is 11.3 Å². The van der Waals surface area contributed by atoms with Crippen LogP contribution in [0.3, 0.4) is 0 Å². The van der Waals surface area contributed by atoms with Crippen LogP contribution >= 0.6 is 11.3 Å². The number of anilines is 1. The molecule has 0 atom stereocenters. The minimum Gasteiger partial charge on any atom is -0.389 e. The molecule has 2 heterocycles. The molecule has 0 saturated heterocycles. The van der Waals surface area contributed by atoms with E-state index in [1.165, 1.54) is 26.8 Å². The molecule has 0 spiro atoms. The molecule has 0 amide bonds. The monoisotopic (exact) mass is 319 g/mol. The molecule has 1 aliphatic heterocycles. The quantitative estimate of drug-likeness (QED) is 0.779. The number of thiophene rings is 1. The van der Waals surface area contributed by atoms with Gasteiger partial charge in [0.15, 0.2) is 0 Å². The van der Waals surface area contributed by atoms with Crippen LogP contribution in [0.15, 0.2) is 42.5 Å². The Morgan fingerprint density at radius 2 is 2.00 bits per heavy atom. The van der Waals surface area contributed by atoms with Crippen molar-refractivity contribution in [1.82, 2.24) is 4.90 Å². The van der Waals surface area contributed by atoms with E-state index in [-0.39, 0.29) is 0 Å². The van der Waals surface area contributed by atoms with Gasteiger partial charge in [-0.25, -0.2) is 0 Å². The Hall–Kier alpha value is -2.35. The van der Waals surface area contributed by atoms with Crippen LogP contribution in [0.1, 0.15) is 21.6 Å². The van der Waals surface area contributed by atoms with Gasteiger partial charge in [0.1, 0.15) is 11.1 Å². The fourth-order valence-corrected chi connectivity index (χ4v) is 4.52. The summed E-state index contributed by atoms with van der Waals surface area (Å²) in [6.45, 7) is 2.79. The Balaban J connectivity index is 1.62. The molecule has 0 fully saturated rings. The van der Waals surface area contributed by atoms with Crippen LogP contribution < -0.4 is 5.73 Å². The van der Waals surface area contributed by atoms with Crippen molar-refractivity contribution in [1.29, 1.82) is 5.26 Å². The molecule has 2 N–H and O–H groups in total. The van der Waals surface area contributed by atoms with Gasteiger partial charge in [-0.05, 0) is 28.3 Å². The number of nitrogens with two attached hydrogens (primary N) is 1. The van der Waals surface area contributed by atoms with Crippen LogP contribution in [0.25, 0.3) is 10.8 Å². The minimum atomic E-state index is 0.671. The first-order chi connectivity index (χ1) is 11.3. The smallest absolute Gasteiger partial charge is 0.104 e. The third-order valence-corrected chi connectivity index (χ3v) is 5.59. The maximum absolute atomic E-state index is 9.25. The molecule has 2 aromatic carbocycles. The van der Waals surface area contributed by atoms with Crippen LogP contribution in [0.4, 0.5) is 5.00 Å². The van der Waals surface area contributed by atoms with Crippen molar-refractivity contribution in [2.75, 3.05) is 12.3 Å². The zero-order chi connectivity index (χ0) is 15.8. The van der Waals surface area contributed by atoms with Crippen molar-refractivity contribution in [3.8, 4) is 6.07 Å². The average molecular weight is 319 g/mol. The largest absolute Gasteiger partial charge is 0.389 e. The van der Waals surface area contributed by atoms with E-state index in [2.05, 4.69) is 53.4 Å². The molecule has 1 aromatic heterocycles. The average Bonchev–Trinajstić information content (AvgIpc) is 2.89. The van der Waals surface area contributed by atoms with E-state index < -0.39 is 0 Å². The fourth-order valence-electron chi connectivity index (χ4n) is 3.41. The number of benzene rings is 2. The second-order valence-electron chi connectivity index (χ2n) is 5.95. The zero-order valence-corrected chi connectivity index (χ0v) is 13.6. The van der Waals surface area contributed by atoms with Gasteiger partial charge in [-0.1, -0.05) is 42.5 Å². The molecular weight excluding hydrogens is 302 g/mol. The summed E-state index contributed by atoms with van der Waals surface area (Å²) in [5.41, 5.74) is 9.21. The van der Waals surface area contributed by atoms with Crippen molar-refractivity contribution in [3.05, 3.63) is 64.0 Å². The summed E-state index contributed by atoms with van der Waals surface area (Å²) in [4.78, 5) is 3.70. The van der Waals surface area contributed by atoms with Crippen LogP contribution in [0.2, 0.25) is 0 Å². The first-order valence-corrected chi connectivity index (χ1v) is 8.57. The van der Waals surface area contributed by atoms with Crippen molar-refractivity contribution in [3.63, 3.8) is 0 Å². The van der Waals surface area contributed by atoms with Gasteiger partial charge in [-0.15, -0.1) is 11.3 Å². The Labute approximate surface area is 139 Å². The number of hydrogen-bond donors (Lipinski definition) is 1. The van der Waals surface area contributed by atoms with Gasteiger partial charge in [0, 0.05) is 24.5 Å². The third-order valence-electron chi connectivity index (χ3n) is 4.55. The van der Waals surface area contributed by atoms with Gasteiger partial charge >= 0.3 is 0 Å². The first-order valence-electron chi connectivity index (χ1n) is 7.75. The van der Waals surface area contributed by atoms with Gasteiger partial charge in [0.25, 0.3) is 0 Å². The molecule has 3 aromatic rings. The number of hydrogen-bond acceptors (Lipinski definition) is 4. The molecule has 4 rings (SSSR count). The topological polar surface area (TPSA) is 53.1 Å². The number of nitrogens with zero attached hydrogens (tertiary/aromatic N) is 2. The van der Waals surface area contributed by atoms with Crippen LogP contribution in [0, 0.1) is 11.3 Å². The maximum atomic E-state index is 9.25. The lowest BCUT2D eigenvalue weighted by Gasteiger charge is -2.27. The summed E-state index contributed by atoms with van der Waals surface area (Å²) in [5.74, 6) is 0. The fraction of sp³-hybridized carbons (Fsp3) is 0.211. The molecule has 1 aliphatic rings. The third kappa shape index (κ3) is 2.48. The van der Waals surface area contributed by atoms with Crippen molar-refractivity contribution >= 4 is 27.1 Å². The van der Waals surface area contributed by atoms with E-state index in [1.807, 2.05) is 0 Å². The predicted octanol–water partition coefficient (Wildman–Crippen LogP) is 3.91. The van der Waals surface area contributed by atoms with Crippen molar-refractivity contribution in [2.24, 2.45) is 0 Å². The predicted molar refractivity (Wildman–Crippen MR) is 95.2 cm³/mol. The maximum Gasteiger partial charge on any atom is 0.104 e. The lowest BCUT2D eigenvalue weighted by atomic mass is 10.0. The lowest BCUT2D eigenvalue weighted by Crippen LogP contribution is -2.29. The highest BCUT2D eigenvalue weighted by Crippen LogP contribution is 2.35. The van der Waals surface area contributed by atoms with Gasteiger partial charge < -0.3 is 5.73 Å². The van der Waals surface area contributed by atoms with Crippen LogP contribution in [-0.4, -0.2) is 11.4 Å². The van der Waals surface area contributed by atoms with Crippen molar-refractivity contribution in [2.45, 2.75) is 19.5 Å². The zero-order valence-electron chi connectivity index (χ0n) is 12.7. The highest BCUT2D eigenvalue weighted by Gasteiger charge is 2.23. The summed E-state index contributed by atoms with van der Waals surface area (Å²) >= 11 is 1.57. The van der Waals surface area contributed by atoms with E-state index in [0.29, 0.717) is 10.6 Å². The Morgan fingerprint density at radius 3 is 2.87 bits per heavy atom. The second-order valence-corrected chi connectivity index (χ2v) is 7.09. The molecule has 23 heavy (non-hydrogen) atoms. The molecule has 0 bridgehead atoms. The highest BCUT2D eigenvalue weighted by molar-refractivity contribution is 7.16. The van der Waals surface area contributed by atoms with Crippen molar-refractivity contribution < 1.29 is 0 Å². The van der Waals surface area contributed by atoms with E-state index in [4.69, 9.17) is 5.73 Å². The van der Waals surface area contributed by atoms with Crippen LogP contribution in [-0.2, 0) is 19.5 Å². The van der Waals surface area contributed by atoms with E-state index in [9.17, 15) is 5.26 Å². The molecule has 4 heteroatoms. The number of nitrogen functional groups attached to an aromatic ring is 1. The molecule has 0 unspecified atom stereocenters. The molecule has 0 aliphatic carbocycles. The van der Waals surface area contributed by atoms with Gasteiger partial charge in [-0.2, -0.15) is 5.26 Å². The summed E-state index contributed by atoms with van der Waals surface area (Å²) in [5, 5.41) is 12.5. The van der Waals surface area contributed by atoms with E-state index >= 15 is 0 Å². The van der Waals surface area contributed by atoms with Gasteiger partial charge in [0.05, 0.1) is 5.56 Å². The number of fused-ring (bicyclic) bond motifs is 2. The second kappa shape index (κ2) is 5.69. The summed E-state index contributed by atoms with van der Waals surface area (Å²) < 4.78 is 0. The summed E-state index contributed by atoms with van der Waals surface area (Å²) in [7, 11) is 0. The molecule has 114 valence electrons. The SMILES string of the molecule is N#Cc1c(N)sc2c1CCN(Cc1cccc3ccccc13)C2. The van der Waals surface area contributed by atoms with Gasteiger partial charge in [0.2, 0.25) is 0 Å². The molecular formula is C19H17N3S. The Kier molecular flexibility index (Phi) is 3.53. The Bertz CT molecular complexity index is 915. The Morgan fingerprint density at radius 1 is 1.17 bits per heavy atom. The molecule has 0 radical (unpaired) electrons. The standard InChI is InChI=1S/C19H17N3S/c20-10-17-16-8-9-22(12-18(16)23-19(17)21)11-14-6-3-5-13-4-1-2-7-15(13)14/h1-7H,8-9,11-12,21H2. The minimum absolute atomic E-state index is 0.671.